The van der Waals surface area contributed by atoms with Crippen LogP contribution in [0.3, 0.4) is 0 Å². The van der Waals surface area contributed by atoms with Crippen LogP contribution in [0.5, 0.6) is 0 Å². The quantitative estimate of drug-likeness (QED) is 0.722. The lowest BCUT2D eigenvalue weighted by Gasteiger charge is -2.20. The van der Waals surface area contributed by atoms with E-state index in [1.807, 2.05) is 12.1 Å². The predicted octanol–water partition coefficient (Wildman–Crippen LogP) is 1.37. The van der Waals surface area contributed by atoms with Crippen LogP contribution in [0.4, 0.5) is 5.69 Å². The van der Waals surface area contributed by atoms with Gasteiger partial charge in [-0.05, 0) is 36.5 Å². The molecule has 0 radical (unpaired) electrons. The van der Waals surface area contributed by atoms with Crippen LogP contribution in [-0.2, 0) is 22.7 Å². The molecule has 1 aromatic carbocycles. The maximum atomic E-state index is 11.9. The summed E-state index contributed by atoms with van der Waals surface area (Å²) in [6.07, 6.45) is 2.61. The molecule has 0 fully saturated rings. The van der Waals surface area contributed by atoms with E-state index in [4.69, 9.17) is 0 Å². The Morgan fingerprint density at radius 2 is 2.07 bits per heavy atom. The summed E-state index contributed by atoms with van der Waals surface area (Å²) in [7, 11) is -2.99. The smallest absolute Gasteiger partial charge is 0.179 e. The maximum Gasteiger partial charge on any atom is 0.179 e. The largest absolute Gasteiger partial charge is 0.385 e. The first-order valence-electron chi connectivity index (χ1n) is 5.30. The number of benzene rings is 1. The zero-order valence-electron chi connectivity index (χ0n) is 8.41. The van der Waals surface area contributed by atoms with E-state index in [-0.39, 0.29) is 0 Å². The molecule has 0 bridgehead atoms. The minimum absolute atomic E-state index is 0.290. The number of hydrogen-bond donors (Lipinski definition) is 1. The molecule has 0 unspecified atom stereocenters. The molecule has 3 nitrogen and oxygen atoms in total. The van der Waals surface area contributed by atoms with Crippen molar-refractivity contribution in [3.05, 3.63) is 23.3 Å². The van der Waals surface area contributed by atoms with Crippen LogP contribution >= 0.6 is 0 Å². The van der Waals surface area contributed by atoms with E-state index >= 15 is 0 Å². The topological polar surface area (TPSA) is 46.2 Å². The fourth-order valence-electron chi connectivity index (χ4n) is 2.51. The van der Waals surface area contributed by atoms with Gasteiger partial charge in [0.05, 0.1) is 10.6 Å². The standard InChI is InChI=1S/C11H13NO2S/c13-15(14)7-5-8-3-4-10-9(11(8)15)2-1-6-12-10/h3-4,12H,1-2,5-7H2. The first-order chi connectivity index (χ1) is 7.18. The fourth-order valence-corrected chi connectivity index (χ4v) is 4.36. The fraction of sp³-hybridized carbons (Fsp3) is 0.455. The van der Waals surface area contributed by atoms with Gasteiger partial charge in [0.1, 0.15) is 0 Å². The highest BCUT2D eigenvalue weighted by Gasteiger charge is 2.31. The molecule has 1 N–H and O–H groups in total. The third kappa shape index (κ3) is 1.28. The summed E-state index contributed by atoms with van der Waals surface area (Å²) in [5, 5.41) is 3.27. The van der Waals surface area contributed by atoms with Gasteiger partial charge in [-0.2, -0.15) is 0 Å². The summed E-state index contributed by atoms with van der Waals surface area (Å²) in [6, 6.07) is 3.98. The maximum absolute atomic E-state index is 11.9. The van der Waals surface area contributed by atoms with Crippen molar-refractivity contribution in [3.63, 3.8) is 0 Å². The SMILES string of the molecule is O=S1(=O)CCc2ccc3c(c21)CCCN3. The molecule has 80 valence electrons. The van der Waals surface area contributed by atoms with Gasteiger partial charge >= 0.3 is 0 Å². The van der Waals surface area contributed by atoms with Crippen molar-refractivity contribution in [1.29, 1.82) is 0 Å². The van der Waals surface area contributed by atoms with Gasteiger partial charge in [-0.25, -0.2) is 8.42 Å². The summed E-state index contributed by atoms with van der Waals surface area (Å²) in [5.74, 6) is 0.290. The molecule has 15 heavy (non-hydrogen) atoms. The number of sulfone groups is 1. The van der Waals surface area contributed by atoms with Crippen molar-refractivity contribution in [2.24, 2.45) is 0 Å². The Hall–Kier alpha value is -1.03. The molecule has 0 amide bonds. The van der Waals surface area contributed by atoms with Crippen LogP contribution in [-0.4, -0.2) is 20.7 Å². The lowest BCUT2D eigenvalue weighted by molar-refractivity contribution is 0.598. The number of anilines is 1. The van der Waals surface area contributed by atoms with Gasteiger partial charge in [0.2, 0.25) is 0 Å². The summed E-state index contributed by atoms with van der Waals surface area (Å²) in [5.41, 5.74) is 3.05. The lowest BCUT2D eigenvalue weighted by Crippen LogP contribution is -2.15. The van der Waals surface area contributed by atoms with Crippen molar-refractivity contribution in [1.82, 2.24) is 0 Å². The Morgan fingerprint density at radius 1 is 1.20 bits per heavy atom. The highest BCUT2D eigenvalue weighted by Crippen LogP contribution is 2.36. The van der Waals surface area contributed by atoms with Crippen LogP contribution in [0, 0.1) is 0 Å². The predicted molar refractivity (Wildman–Crippen MR) is 59.0 cm³/mol. The Bertz CT molecular complexity index is 520. The lowest BCUT2D eigenvalue weighted by atomic mass is 10.00. The molecule has 0 saturated heterocycles. The first-order valence-corrected chi connectivity index (χ1v) is 6.95. The molecule has 2 aliphatic rings. The molecule has 4 heteroatoms. The summed E-state index contributed by atoms with van der Waals surface area (Å²) in [6.45, 7) is 0.950. The molecular weight excluding hydrogens is 210 g/mol. The molecule has 0 spiro atoms. The third-order valence-electron chi connectivity index (χ3n) is 3.21. The van der Waals surface area contributed by atoms with Crippen molar-refractivity contribution in [2.45, 2.75) is 24.2 Å². The van der Waals surface area contributed by atoms with Gasteiger partial charge in [0, 0.05) is 12.2 Å². The minimum Gasteiger partial charge on any atom is -0.385 e. The van der Waals surface area contributed by atoms with E-state index in [2.05, 4.69) is 5.32 Å². The van der Waals surface area contributed by atoms with E-state index < -0.39 is 9.84 Å². The van der Waals surface area contributed by atoms with Crippen LogP contribution in [0.1, 0.15) is 17.5 Å². The molecular formula is C11H13NO2S. The van der Waals surface area contributed by atoms with Crippen molar-refractivity contribution < 1.29 is 8.42 Å². The average molecular weight is 223 g/mol. The van der Waals surface area contributed by atoms with Crippen molar-refractivity contribution >= 4 is 15.5 Å². The van der Waals surface area contributed by atoms with Crippen molar-refractivity contribution in [3.8, 4) is 0 Å². The average Bonchev–Trinajstić information content (AvgIpc) is 2.55. The Morgan fingerprint density at radius 3 is 2.93 bits per heavy atom. The molecule has 2 aliphatic heterocycles. The highest BCUT2D eigenvalue weighted by molar-refractivity contribution is 7.91. The normalized spacial score (nSPS) is 21.6. The molecule has 0 aliphatic carbocycles. The second kappa shape index (κ2) is 2.98. The van der Waals surface area contributed by atoms with E-state index in [0.717, 1.165) is 36.2 Å². The van der Waals surface area contributed by atoms with E-state index in [9.17, 15) is 8.42 Å². The highest BCUT2D eigenvalue weighted by atomic mass is 32.2. The van der Waals surface area contributed by atoms with Crippen LogP contribution < -0.4 is 5.32 Å². The molecule has 0 aromatic heterocycles. The number of aryl methyl sites for hydroxylation is 1. The summed E-state index contributed by atoms with van der Waals surface area (Å²) < 4.78 is 23.8. The summed E-state index contributed by atoms with van der Waals surface area (Å²) in [4.78, 5) is 0.632. The third-order valence-corrected chi connectivity index (χ3v) is 5.08. The van der Waals surface area contributed by atoms with E-state index in [1.165, 1.54) is 0 Å². The van der Waals surface area contributed by atoms with Crippen LogP contribution in [0.25, 0.3) is 0 Å². The molecule has 3 rings (SSSR count). The zero-order chi connectivity index (χ0) is 10.5. The van der Waals surface area contributed by atoms with Crippen LogP contribution in [0.2, 0.25) is 0 Å². The number of fused-ring (bicyclic) bond motifs is 3. The number of nitrogens with one attached hydrogen (secondary N) is 1. The second-order valence-corrected chi connectivity index (χ2v) is 6.23. The number of hydrogen-bond acceptors (Lipinski definition) is 3. The Balaban J connectivity index is 2.31. The molecule has 1 aromatic rings. The minimum atomic E-state index is -2.99. The van der Waals surface area contributed by atoms with Gasteiger partial charge < -0.3 is 5.32 Å². The van der Waals surface area contributed by atoms with Crippen LogP contribution in [0.15, 0.2) is 17.0 Å². The summed E-state index contributed by atoms with van der Waals surface area (Å²) >= 11 is 0. The van der Waals surface area contributed by atoms with Gasteiger partial charge in [-0.1, -0.05) is 6.07 Å². The van der Waals surface area contributed by atoms with Gasteiger partial charge in [0.25, 0.3) is 0 Å². The van der Waals surface area contributed by atoms with Gasteiger partial charge in [-0.15, -0.1) is 0 Å². The van der Waals surface area contributed by atoms with Gasteiger partial charge in [0.15, 0.2) is 9.84 Å². The Kier molecular flexibility index (Phi) is 1.83. The van der Waals surface area contributed by atoms with E-state index in [0.29, 0.717) is 17.1 Å². The molecule has 2 heterocycles. The zero-order valence-corrected chi connectivity index (χ0v) is 9.23. The monoisotopic (exact) mass is 223 g/mol. The van der Waals surface area contributed by atoms with E-state index in [1.54, 1.807) is 0 Å². The Labute approximate surface area is 89.4 Å². The second-order valence-electron chi connectivity index (χ2n) is 4.18. The molecule has 0 atom stereocenters. The first kappa shape index (κ1) is 9.21. The number of rotatable bonds is 0. The molecule has 0 saturated carbocycles. The van der Waals surface area contributed by atoms with Gasteiger partial charge in [-0.3, -0.25) is 0 Å². The van der Waals surface area contributed by atoms with Crippen molar-refractivity contribution in [2.75, 3.05) is 17.6 Å².